The van der Waals surface area contributed by atoms with Crippen LogP contribution in [0.4, 0.5) is 8.78 Å². The van der Waals surface area contributed by atoms with E-state index in [9.17, 15) is 17.2 Å². The molecule has 18 heavy (non-hydrogen) atoms. The third-order valence-electron chi connectivity index (χ3n) is 2.93. The average Bonchev–Trinajstić information content (AvgIpc) is 2.28. The molecule has 0 saturated carbocycles. The number of sulfonamides is 1. The molecule has 1 aromatic carbocycles. The van der Waals surface area contributed by atoms with Crippen molar-refractivity contribution in [2.75, 3.05) is 19.6 Å². The molecule has 1 aromatic rings. The van der Waals surface area contributed by atoms with E-state index >= 15 is 0 Å². The van der Waals surface area contributed by atoms with Crippen LogP contribution in [0.15, 0.2) is 23.1 Å². The fourth-order valence-electron chi connectivity index (χ4n) is 2.03. The van der Waals surface area contributed by atoms with Gasteiger partial charge in [0.05, 0.1) is 0 Å². The van der Waals surface area contributed by atoms with Gasteiger partial charge in [-0.1, -0.05) is 6.07 Å². The third-order valence-corrected chi connectivity index (χ3v) is 4.99. The molecule has 1 fully saturated rings. The molecule has 7 heteroatoms. The number of hydrogen-bond donors (Lipinski definition) is 1. The summed E-state index contributed by atoms with van der Waals surface area (Å²) >= 11 is 0. The molecule has 1 aliphatic heterocycles. The first-order valence-electron chi connectivity index (χ1n) is 5.61. The summed E-state index contributed by atoms with van der Waals surface area (Å²) in [7, 11) is -4.13. The highest BCUT2D eigenvalue weighted by Gasteiger charge is 2.34. The van der Waals surface area contributed by atoms with Crippen LogP contribution in [0.2, 0.25) is 0 Å². The van der Waals surface area contributed by atoms with Gasteiger partial charge in [-0.15, -0.1) is 0 Å². The second kappa shape index (κ2) is 4.91. The van der Waals surface area contributed by atoms with Gasteiger partial charge in [-0.3, -0.25) is 0 Å². The molecule has 1 atom stereocenters. The van der Waals surface area contributed by atoms with Crippen LogP contribution >= 0.6 is 0 Å². The van der Waals surface area contributed by atoms with Crippen LogP contribution in [0.25, 0.3) is 0 Å². The smallest absolute Gasteiger partial charge is 0.249 e. The van der Waals surface area contributed by atoms with Gasteiger partial charge in [0.25, 0.3) is 0 Å². The molecule has 0 amide bonds. The number of halogens is 2. The van der Waals surface area contributed by atoms with Gasteiger partial charge in [0, 0.05) is 25.7 Å². The molecule has 0 spiro atoms. The first-order valence-corrected chi connectivity index (χ1v) is 7.05. The molecule has 2 rings (SSSR count). The summed E-state index contributed by atoms with van der Waals surface area (Å²) in [6.07, 6.45) is 0. The minimum atomic E-state index is -4.13. The Labute approximate surface area is 105 Å². The van der Waals surface area contributed by atoms with Crippen LogP contribution in [0.3, 0.4) is 0 Å². The molecule has 1 saturated heterocycles. The SMILES string of the molecule is CC1CNCCN1S(=O)(=O)c1c(F)cccc1F. The Morgan fingerprint density at radius 2 is 1.94 bits per heavy atom. The highest BCUT2D eigenvalue weighted by atomic mass is 32.2. The molecule has 100 valence electrons. The molecule has 1 aliphatic rings. The first kappa shape index (κ1) is 13.4. The monoisotopic (exact) mass is 276 g/mol. The molecule has 4 nitrogen and oxygen atoms in total. The summed E-state index contributed by atoms with van der Waals surface area (Å²) in [5.41, 5.74) is 0. The molecule has 0 radical (unpaired) electrons. The summed E-state index contributed by atoms with van der Waals surface area (Å²) in [6.45, 7) is 2.84. The van der Waals surface area contributed by atoms with Crippen molar-refractivity contribution in [2.24, 2.45) is 0 Å². The molecular weight excluding hydrogens is 262 g/mol. The van der Waals surface area contributed by atoms with Crippen molar-refractivity contribution < 1.29 is 17.2 Å². The zero-order valence-corrected chi connectivity index (χ0v) is 10.7. The van der Waals surface area contributed by atoms with E-state index in [0.29, 0.717) is 13.1 Å². The van der Waals surface area contributed by atoms with Gasteiger partial charge in [-0.05, 0) is 19.1 Å². The van der Waals surface area contributed by atoms with E-state index in [-0.39, 0.29) is 12.6 Å². The summed E-state index contributed by atoms with van der Waals surface area (Å²) in [4.78, 5) is -0.862. The molecule has 0 aromatic heterocycles. The second-order valence-electron chi connectivity index (χ2n) is 4.22. The fraction of sp³-hybridized carbons (Fsp3) is 0.455. The van der Waals surface area contributed by atoms with Crippen molar-refractivity contribution in [1.82, 2.24) is 9.62 Å². The topological polar surface area (TPSA) is 49.4 Å². The van der Waals surface area contributed by atoms with Crippen LogP contribution < -0.4 is 5.32 Å². The lowest BCUT2D eigenvalue weighted by Gasteiger charge is -2.32. The highest BCUT2D eigenvalue weighted by molar-refractivity contribution is 7.89. The van der Waals surface area contributed by atoms with Gasteiger partial charge in [0.2, 0.25) is 10.0 Å². The van der Waals surface area contributed by atoms with E-state index in [1.165, 1.54) is 0 Å². The van der Waals surface area contributed by atoms with E-state index in [0.717, 1.165) is 22.5 Å². The van der Waals surface area contributed by atoms with Crippen molar-refractivity contribution in [3.8, 4) is 0 Å². The Bertz CT molecular complexity index is 528. The lowest BCUT2D eigenvalue weighted by atomic mass is 10.3. The number of nitrogens with zero attached hydrogens (tertiary/aromatic N) is 1. The number of rotatable bonds is 2. The van der Waals surface area contributed by atoms with Gasteiger partial charge >= 0.3 is 0 Å². The maximum absolute atomic E-state index is 13.6. The van der Waals surface area contributed by atoms with Crippen LogP contribution in [0, 0.1) is 11.6 Å². The summed E-state index contributed by atoms with van der Waals surface area (Å²) in [5, 5.41) is 3.02. The number of piperazine rings is 1. The van der Waals surface area contributed by atoms with E-state index in [1.54, 1.807) is 6.92 Å². The zero-order valence-electron chi connectivity index (χ0n) is 9.86. The van der Waals surface area contributed by atoms with Crippen LogP contribution in [-0.4, -0.2) is 38.4 Å². The lowest BCUT2D eigenvalue weighted by Crippen LogP contribution is -2.52. The summed E-state index contributed by atoms with van der Waals surface area (Å²) < 4.78 is 52.8. The quantitative estimate of drug-likeness (QED) is 0.875. The van der Waals surface area contributed by atoms with Crippen molar-refractivity contribution in [1.29, 1.82) is 0 Å². The Morgan fingerprint density at radius 3 is 2.50 bits per heavy atom. The van der Waals surface area contributed by atoms with Crippen molar-refractivity contribution in [3.63, 3.8) is 0 Å². The van der Waals surface area contributed by atoms with Crippen molar-refractivity contribution >= 4 is 10.0 Å². The number of hydrogen-bond acceptors (Lipinski definition) is 3. The third kappa shape index (κ3) is 2.25. The van der Waals surface area contributed by atoms with Gasteiger partial charge < -0.3 is 5.32 Å². The highest BCUT2D eigenvalue weighted by Crippen LogP contribution is 2.24. The maximum Gasteiger partial charge on any atom is 0.249 e. The number of nitrogens with one attached hydrogen (secondary N) is 1. The predicted octanol–water partition coefficient (Wildman–Crippen LogP) is 0.947. The van der Waals surface area contributed by atoms with E-state index in [4.69, 9.17) is 0 Å². The standard InChI is InChI=1S/C11H14F2N2O2S/c1-8-7-14-5-6-15(8)18(16,17)11-9(12)3-2-4-10(11)13/h2-4,8,14H,5-7H2,1H3. The Morgan fingerprint density at radius 1 is 1.33 bits per heavy atom. The Hall–Kier alpha value is -1.05. The van der Waals surface area contributed by atoms with Crippen LogP contribution in [-0.2, 0) is 10.0 Å². The van der Waals surface area contributed by atoms with Crippen LogP contribution in [0.1, 0.15) is 6.92 Å². The van der Waals surface area contributed by atoms with Crippen molar-refractivity contribution in [2.45, 2.75) is 17.9 Å². The predicted molar refractivity (Wildman–Crippen MR) is 62.6 cm³/mol. The van der Waals surface area contributed by atoms with E-state index in [2.05, 4.69) is 5.32 Å². The molecular formula is C11H14F2N2O2S. The normalized spacial score (nSPS) is 22.1. The van der Waals surface area contributed by atoms with E-state index in [1.807, 2.05) is 0 Å². The Balaban J connectivity index is 2.48. The summed E-state index contributed by atoms with van der Waals surface area (Å²) in [6, 6.07) is 2.71. The lowest BCUT2D eigenvalue weighted by molar-refractivity contribution is 0.281. The largest absolute Gasteiger partial charge is 0.314 e. The molecule has 0 bridgehead atoms. The van der Waals surface area contributed by atoms with Gasteiger partial charge in [0.15, 0.2) is 4.90 Å². The first-order chi connectivity index (χ1) is 8.44. The molecule has 0 aliphatic carbocycles. The van der Waals surface area contributed by atoms with Crippen LogP contribution in [0.5, 0.6) is 0 Å². The fourth-order valence-corrected chi connectivity index (χ4v) is 3.77. The molecule has 1 heterocycles. The molecule has 1 N–H and O–H groups in total. The van der Waals surface area contributed by atoms with Gasteiger partial charge in [-0.2, -0.15) is 4.31 Å². The van der Waals surface area contributed by atoms with E-state index < -0.39 is 26.6 Å². The van der Waals surface area contributed by atoms with Crippen molar-refractivity contribution in [3.05, 3.63) is 29.8 Å². The minimum Gasteiger partial charge on any atom is -0.314 e. The minimum absolute atomic E-state index is 0.206. The average molecular weight is 276 g/mol. The maximum atomic E-state index is 13.6. The number of benzene rings is 1. The second-order valence-corrected chi connectivity index (χ2v) is 6.05. The summed E-state index contributed by atoms with van der Waals surface area (Å²) in [5.74, 6) is -2.11. The van der Waals surface area contributed by atoms with Gasteiger partial charge in [0.1, 0.15) is 11.6 Å². The zero-order chi connectivity index (χ0) is 13.3. The molecule has 1 unspecified atom stereocenters. The Kier molecular flexibility index (Phi) is 3.65. The van der Waals surface area contributed by atoms with Gasteiger partial charge in [-0.25, -0.2) is 17.2 Å².